The molecule has 2 aliphatic carbocycles. The van der Waals surface area contributed by atoms with Gasteiger partial charge in [-0.3, -0.25) is 9.89 Å². The molecule has 4 rings (SSSR count). The molecule has 3 atom stereocenters. The number of guanidine groups is 1. The summed E-state index contributed by atoms with van der Waals surface area (Å²) >= 11 is 2.10. The molecule has 2 aliphatic heterocycles. The second-order valence-corrected chi connectivity index (χ2v) is 10.6. The summed E-state index contributed by atoms with van der Waals surface area (Å²) in [5, 5.41) is 3.73. The number of ether oxygens (including phenoxy) is 1. The minimum absolute atomic E-state index is 0.313. The molecule has 0 aromatic carbocycles. The van der Waals surface area contributed by atoms with Gasteiger partial charge in [0, 0.05) is 63.8 Å². The molecule has 154 valence electrons. The van der Waals surface area contributed by atoms with Gasteiger partial charge in [-0.25, -0.2) is 0 Å². The first-order chi connectivity index (χ1) is 13.2. The Bertz CT molecular complexity index is 509. The van der Waals surface area contributed by atoms with E-state index in [0.29, 0.717) is 4.75 Å². The largest absolute Gasteiger partial charge is 0.381 e. The molecule has 27 heavy (non-hydrogen) atoms. The summed E-state index contributed by atoms with van der Waals surface area (Å²) in [6.45, 7) is 9.72. The lowest BCUT2D eigenvalue weighted by Crippen LogP contribution is -2.57. The van der Waals surface area contributed by atoms with Crippen LogP contribution in [0.2, 0.25) is 0 Å². The molecule has 1 N–H and O–H groups in total. The van der Waals surface area contributed by atoms with E-state index in [1.54, 1.807) is 0 Å². The van der Waals surface area contributed by atoms with Crippen LogP contribution in [0, 0.1) is 11.8 Å². The SMILES string of the molecule is CCSC1(CNC(=NC)N2CCN(C3CC4CCC3C4)CC2)CCOCC1. The van der Waals surface area contributed by atoms with Crippen LogP contribution in [0.4, 0.5) is 0 Å². The van der Waals surface area contributed by atoms with E-state index in [1.165, 1.54) is 44.5 Å². The van der Waals surface area contributed by atoms with Gasteiger partial charge in [0.25, 0.3) is 0 Å². The molecule has 0 amide bonds. The molecule has 6 heteroatoms. The van der Waals surface area contributed by atoms with Crippen molar-refractivity contribution in [1.29, 1.82) is 0 Å². The van der Waals surface area contributed by atoms with E-state index in [0.717, 1.165) is 69.5 Å². The highest BCUT2D eigenvalue weighted by Gasteiger charge is 2.43. The van der Waals surface area contributed by atoms with Crippen molar-refractivity contribution in [2.45, 2.75) is 56.2 Å². The zero-order chi connectivity index (χ0) is 18.7. The molecule has 2 bridgehead atoms. The topological polar surface area (TPSA) is 40.1 Å². The summed E-state index contributed by atoms with van der Waals surface area (Å²) < 4.78 is 5.93. The number of hydrogen-bond acceptors (Lipinski definition) is 4. The van der Waals surface area contributed by atoms with Crippen molar-refractivity contribution in [1.82, 2.24) is 15.1 Å². The Kier molecular flexibility index (Phi) is 6.55. The molecule has 2 saturated carbocycles. The first-order valence-electron chi connectivity index (χ1n) is 11.1. The highest BCUT2D eigenvalue weighted by atomic mass is 32.2. The van der Waals surface area contributed by atoms with Crippen LogP contribution in [0.3, 0.4) is 0 Å². The van der Waals surface area contributed by atoms with Crippen molar-refractivity contribution in [2.75, 3.05) is 58.7 Å². The maximum absolute atomic E-state index is 5.61. The van der Waals surface area contributed by atoms with Gasteiger partial charge < -0.3 is 15.0 Å². The molecule has 0 radical (unpaired) electrons. The average molecular weight is 395 g/mol. The Balaban J connectivity index is 1.27. The van der Waals surface area contributed by atoms with E-state index in [4.69, 9.17) is 4.74 Å². The number of nitrogens with zero attached hydrogens (tertiary/aromatic N) is 3. The third kappa shape index (κ3) is 4.43. The van der Waals surface area contributed by atoms with Crippen molar-refractivity contribution in [3.05, 3.63) is 0 Å². The third-order valence-electron chi connectivity index (χ3n) is 7.42. The second kappa shape index (κ2) is 8.91. The van der Waals surface area contributed by atoms with Gasteiger partial charge in [-0.15, -0.1) is 0 Å². The molecular weight excluding hydrogens is 356 g/mol. The Morgan fingerprint density at radius 3 is 2.52 bits per heavy atom. The standard InChI is InChI=1S/C21H38N4OS/c1-3-27-21(6-12-26-13-7-21)16-23-20(22-2)25-10-8-24(9-11-25)19-15-17-4-5-18(19)14-17/h17-19H,3-16H2,1-2H3,(H,22,23). The highest BCUT2D eigenvalue weighted by molar-refractivity contribution is 8.00. The van der Waals surface area contributed by atoms with Crippen LogP contribution in [-0.4, -0.2) is 85.3 Å². The minimum Gasteiger partial charge on any atom is -0.381 e. The lowest BCUT2D eigenvalue weighted by atomic mass is 9.93. The van der Waals surface area contributed by atoms with Crippen molar-refractivity contribution in [2.24, 2.45) is 16.8 Å². The summed E-state index contributed by atoms with van der Waals surface area (Å²) in [7, 11) is 1.94. The Morgan fingerprint density at radius 1 is 1.15 bits per heavy atom. The van der Waals surface area contributed by atoms with Crippen molar-refractivity contribution in [3.63, 3.8) is 0 Å². The van der Waals surface area contributed by atoms with E-state index in [9.17, 15) is 0 Å². The summed E-state index contributed by atoms with van der Waals surface area (Å²) in [6, 6.07) is 0.882. The van der Waals surface area contributed by atoms with Gasteiger partial charge in [-0.05, 0) is 49.7 Å². The normalized spacial score (nSPS) is 34.2. The number of piperazine rings is 1. The molecule has 2 saturated heterocycles. The third-order valence-corrected chi connectivity index (χ3v) is 8.87. The number of aliphatic imine (C=N–C) groups is 1. The van der Waals surface area contributed by atoms with Gasteiger partial charge in [0.05, 0.1) is 0 Å². The van der Waals surface area contributed by atoms with Crippen LogP contribution in [0.5, 0.6) is 0 Å². The van der Waals surface area contributed by atoms with Crippen LogP contribution < -0.4 is 5.32 Å². The summed E-state index contributed by atoms with van der Waals surface area (Å²) in [5.74, 6) is 4.31. The highest BCUT2D eigenvalue weighted by Crippen LogP contribution is 2.46. The van der Waals surface area contributed by atoms with Crippen molar-refractivity contribution >= 4 is 17.7 Å². The quantitative estimate of drug-likeness (QED) is 0.573. The van der Waals surface area contributed by atoms with Crippen molar-refractivity contribution < 1.29 is 4.74 Å². The van der Waals surface area contributed by atoms with E-state index in [1.807, 2.05) is 7.05 Å². The molecule has 2 heterocycles. The Labute approximate surface area is 169 Å². The fourth-order valence-electron chi connectivity index (χ4n) is 5.92. The first kappa shape index (κ1) is 19.8. The van der Waals surface area contributed by atoms with Gasteiger partial charge in [0.2, 0.25) is 0 Å². The van der Waals surface area contributed by atoms with Crippen LogP contribution in [-0.2, 0) is 4.74 Å². The Morgan fingerprint density at radius 2 is 1.93 bits per heavy atom. The van der Waals surface area contributed by atoms with Crippen LogP contribution in [0.25, 0.3) is 0 Å². The van der Waals surface area contributed by atoms with Gasteiger partial charge in [0.15, 0.2) is 5.96 Å². The van der Waals surface area contributed by atoms with Gasteiger partial charge in [-0.2, -0.15) is 11.8 Å². The van der Waals surface area contributed by atoms with E-state index in [2.05, 4.69) is 38.8 Å². The molecule has 0 aromatic rings. The lowest BCUT2D eigenvalue weighted by molar-refractivity contribution is 0.0773. The molecular formula is C21H38N4OS. The zero-order valence-electron chi connectivity index (χ0n) is 17.3. The van der Waals surface area contributed by atoms with Gasteiger partial charge in [-0.1, -0.05) is 13.3 Å². The van der Waals surface area contributed by atoms with Crippen LogP contribution in [0.1, 0.15) is 45.4 Å². The summed E-state index contributed by atoms with van der Waals surface area (Å²) in [6.07, 6.45) is 8.26. The fourth-order valence-corrected chi connectivity index (χ4v) is 7.16. The van der Waals surface area contributed by atoms with E-state index < -0.39 is 0 Å². The lowest BCUT2D eigenvalue weighted by Gasteiger charge is -2.43. The number of thioether (sulfide) groups is 1. The van der Waals surface area contributed by atoms with Crippen molar-refractivity contribution in [3.8, 4) is 0 Å². The number of hydrogen-bond donors (Lipinski definition) is 1. The zero-order valence-corrected chi connectivity index (χ0v) is 18.1. The minimum atomic E-state index is 0.313. The monoisotopic (exact) mass is 394 g/mol. The number of rotatable bonds is 5. The number of nitrogens with one attached hydrogen (secondary N) is 1. The molecule has 0 spiro atoms. The molecule has 4 fully saturated rings. The van der Waals surface area contributed by atoms with E-state index >= 15 is 0 Å². The molecule has 5 nitrogen and oxygen atoms in total. The van der Waals surface area contributed by atoms with Crippen LogP contribution >= 0.6 is 11.8 Å². The maximum atomic E-state index is 5.61. The number of fused-ring (bicyclic) bond motifs is 2. The first-order valence-corrected chi connectivity index (χ1v) is 12.1. The second-order valence-electron chi connectivity index (χ2n) is 8.89. The smallest absolute Gasteiger partial charge is 0.193 e. The van der Waals surface area contributed by atoms with E-state index in [-0.39, 0.29) is 0 Å². The Hall–Kier alpha value is -0.460. The van der Waals surface area contributed by atoms with Gasteiger partial charge >= 0.3 is 0 Å². The summed E-state index contributed by atoms with van der Waals surface area (Å²) in [5.41, 5.74) is 0. The van der Waals surface area contributed by atoms with Gasteiger partial charge in [0.1, 0.15) is 0 Å². The van der Waals surface area contributed by atoms with Crippen LogP contribution in [0.15, 0.2) is 4.99 Å². The fraction of sp³-hybridized carbons (Fsp3) is 0.952. The summed E-state index contributed by atoms with van der Waals surface area (Å²) in [4.78, 5) is 9.89. The maximum Gasteiger partial charge on any atom is 0.193 e. The predicted molar refractivity (Wildman–Crippen MR) is 115 cm³/mol. The molecule has 3 unspecified atom stereocenters. The predicted octanol–water partition coefficient (Wildman–Crippen LogP) is 2.67. The molecule has 0 aromatic heterocycles. The average Bonchev–Trinajstić information content (AvgIpc) is 3.34. The molecule has 4 aliphatic rings.